The Kier molecular flexibility index (Phi) is 6.81. The number of sulfone groups is 1. The Morgan fingerprint density at radius 2 is 1.74 bits per heavy atom. The summed E-state index contributed by atoms with van der Waals surface area (Å²) in [5.41, 5.74) is 6.90. The van der Waals surface area contributed by atoms with E-state index in [1.54, 1.807) is 30.3 Å². The lowest BCUT2D eigenvalue weighted by Crippen LogP contribution is -2.32. The third kappa shape index (κ3) is 4.88. The van der Waals surface area contributed by atoms with E-state index in [9.17, 15) is 17.6 Å². The highest BCUT2D eigenvalue weighted by atomic mass is 79.9. The third-order valence-corrected chi connectivity index (χ3v) is 8.07. The predicted molar refractivity (Wildman–Crippen MR) is 131 cm³/mol. The summed E-state index contributed by atoms with van der Waals surface area (Å²) in [6, 6.07) is 12.0. The number of aromatic nitrogens is 1. The zero-order valence-corrected chi connectivity index (χ0v) is 21.2. The average molecular weight is 612 g/mol. The van der Waals surface area contributed by atoms with Crippen molar-refractivity contribution in [2.45, 2.75) is 22.3 Å². The van der Waals surface area contributed by atoms with Crippen LogP contribution >= 0.6 is 31.9 Å². The normalized spacial score (nSPS) is 12.6. The van der Waals surface area contributed by atoms with E-state index in [4.69, 9.17) is 15.6 Å². The molecule has 7 nitrogen and oxygen atoms in total. The lowest BCUT2D eigenvalue weighted by atomic mass is 10.1. The number of H-pyrrole nitrogens is 1. The average Bonchev–Trinajstić information content (AvgIpc) is 3.20. The number of carboxylic acid groups (broad SMARTS) is 1. The second kappa shape index (κ2) is 9.49. The number of halogens is 3. The van der Waals surface area contributed by atoms with E-state index in [0.717, 1.165) is 12.1 Å². The summed E-state index contributed by atoms with van der Waals surface area (Å²) >= 11 is 6.86. The van der Waals surface area contributed by atoms with Crippen LogP contribution in [0.4, 0.5) is 4.39 Å². The van der Waals surface area contributed by atoms with E-state index >= 15 is 0 Å². The fraction of sp³-hybridized carbons (Fsp3) is 0.0870. The molecule has 4 aromatic rings. The van der Waals surface area contributed by atoms with Gasteiger partial charge in [0.2, 0.25) is 9.84 Å². The van der Waals surface area contributed by atoms with Crippen molar-refractivity contribution >= 4 is 58.6 Å². The van der Waals surface area contributed by atoms with Gasteiger partial charge in [-0.25, -0.2) is 12.8 Å². The van der Waals surface area contributed by atoms with Gasteiger partial charge in [-0.1, -0.05) is 0 Å². The molecule has 0 saturated heterocycles. The number of carbonyl (C=O) groups is 1. The molecule has 4 rings (SSSR count). The first-order valence-electron chi connectivity index (χ1n) is 9.82. The van der Waals surface area contributed by atoms with Gasteiger partial charge in [0.25, 0.3) is 0 Å². The lowest BCUT2D eigenvalue weighted by molar-refractivity contribution is -0.138. The van der Waals surface area contributed by atoms with Gasteiger partial charge in [0, 0.05) is 17.1 Å². The Balaban J connectivity index is 1.68. The van der Waals surface area contributed by atoms with E-state index in [1.165, 1.54) is 18.3 Å². The van der Waals surface area contributed by atoms with Crippen LogP contribution in [-0.2, 0) is 21.1 Å². The predicted octanol–water partition coefficient (Wildman–Crippen LogP) is 5.41. The first kappa shape index (κ1) is 24.4. The van der Waals surface area contributed by atoms with Crippen LogP contribution in [0.15, 0.2) is 79.5 Å². The van der Waals surface area contributed by atoms with E-state index in [0.29, 0.717) is 36.9 Å². The molecule has 11 heteroatoms. The number of aliphatic carboxylic acids is 1. The largest absolute Gasteiger partial charge is 0.480 e. The molecule has 1 aromatic heterocycles. The monoisotopic (exact) mass is 610 g/mol. The number of hydrogen-bond acceptors (Lipinski definition) is 5. The molecule has 176 valence electrons. The van der Waals surface area contributed by atoms with Crippen LogP contribution in [0.5, 0.6) is 11.5 Å². The topological polar surface area (TPSA) is 122 Å². The Labute approximate surface area is 210 Å². The molecule has 34 heavy (non-hydrogen) atoms. The fourth-order valence-electron chi connectivity index (χ4n) is 3.39. The maximum atomic E-state index is 13.3. The van der Waals surface area contributed by atoms with Gasteiger partial charge in [0.15, 0.2) is 5.75 Å². The second-order valence-electron chi connectivity index (χ2n) is 7.46. The molecule has 0 unspecified atom stereocenters. The Morgan fingerprint density at radius 1 is 1.09 bits per heavy atom. The van der Waals surface area contributed by atoms with Crippen molar-refractivity contribution in [2.24, 2.45) is 5.73 Å². The fourth-order valence-corrected chi connectivity index (χ4v) is 6.25. The molecule has 0 radical (unpaired) electrons. The summed E-state index contributed by atoms with van der Waals surface area (Å²) in [4.78, 5) is 14.0. The molecular weight excluding hydrogens is 595 g/mol. The highest BCUT2D eigenvalue weighted by molar-refractivity contribution is 9.11. The minimum Gasteiger partial charge on any atom is -0.480 e. The Bertz CT molecular complexity index is 1480. The molecule has 1 heterocycles. The summed E-state index contributed by atoms with van der Waals surface area (Å²) in [5, 5.41) is 9.44. The van der Waals surface area contributed by atoms with Crippen molar-refractivity contribution in [3.8, 4) is 11.5 Å². The highest BCUT2D eigenvalue weighted by Crippen LogP contribution is 2.39. The Morgan fingerprint density at radius 3 is 2.35 bits per heavy atom. The second-order valence-corrected chi connectivity index (χ2v) is 11.1. The van der Waals surface area contributed by atoms with Crippen molar-refractivity contribution in [3.05, 3.63) is 81.1 Å². The van der Waals surface area contributed by atoms with Crippen molar-refractivity contribution in [3.63, 3.8) is 0 Å². The molecule has 0 bridgehead atoms. The summed E-state index contributed by atoms with van der Waals surface area (Å²) in [7, 11) is -3.90. The number of rotatable bonds is 7. The van der Waals surface area contributed by atoms with Gasteiger partial charge >= 0.3 is 5.97 Å². The van der Waals surface area contributed by atoms with Crippen LogP contribution in [-0.4, -0.2) is 30.5 Å². The number of nitrogens with one attached hydrogen (secondary N) is 1. The smallest absolute Gasteiger partial charge is 0.320 e. The van der Waals surface area contributed by atoms with Gasteiger partial charge in [0.05, 0.1) is 18.7 Å². The molecule has 0 aliphatic heterocycles. The standard InChI is InChI=1S/C23H17Br2FN2O5S/c24-17-7-12(9-19(27)23(29)30)8-18(25)22(17)33-14-3-6-20-16(10-14)21(11-28-20)34(31,32)15-4-1-13(26)2-5-15/h1-8,10-11,19,28H,9,27H2,(H,29,30)/t19-/m1/s1. The number of hydrogen-bond donors (Lipinski definition) is 3. The Hall–Kier alpha value is -2.73. The van der Waals surface area contributed by atoms with Crippen molar-refractivity contribution in [1.29, 1.82) is 0 Å². The van der Waals surface area contributed by atoms with Crippen LogP contribution in [0.3, 0.4) is 0 Å². The number of aromatic amines is 1. The number of carboxylic acids is 1. The summed E-state index contributed by atoms with van der Waals surface area (Å²) in [6.45, 7) is 0. The first-order valence-corrected chi connectivity index (χ1v) is 12.9. The highest BCUT2D eigenvalue weighted by Gasteiger charge is 2.23. The van der Waals surface area contributed by atoms with Gasteiger partial charge in [-0.2, -0.15) is 0 Å². The van der Waals surface area contributed by atoms with E-state index in [2.05, 4.69) is 36.8 Å². The van der Waals surface area contributed by atoms with Gasteiger partial charge in [0.1, 0.15) is 17.6 Å². The van der Waals surface area contributed by atoms with E-state index in [-0.39, 0.29) is 16.2 Å². The maximum absolute atomic E-state index is 13.3. The van der Waals surface area contributed by atoms with Crippen LogP contribution in [0.2, 0.25) is 0 Å². The van der Waals surface area contributed by atoms with Crippen LogP contribution in [0.1, 0.15) is 5.56 Å². The molecule has 0 saturated carbocycles. The molecule has 0 aliphatic carbocycles. The van der Waals surface area contributed by atoms with Crippen molar-refractivity contribution in [2.75, 3.05) is 0 Å². The third-order valence-electron chi connectivity index (χ3n) is 5.08. The van der Waals surface area contributed by atoms with Gasteiger partial charge in [-0.3, -0.25) is 4.79 Å². The summed E-state index contributed by atoms with van der Waals surface area (Å²) < 4.78 is 46.6. The van der Waals surface area contributed by atoms with Crippen molar-refractivity contribution in [1.82, 2.24) is 4.98 Å². The lowest BCUT2D eigenvalue weighted by Gasteiger charge is -2.13. The zero-order valence-electron chi connectivity index (χ0n) is 17.3. The van der Waals surface area contributed by atoms with E-state index in [1.807, 2.05) is 0 Å². The quantitative estimate of drug-likeness (QED) is 0.240. The minimum absolute atomic E-state index is 0.0261. The summed E-state index contributed by atoms with van der Waals surface area (Å²) in [6.07, 6.45) is 1.52. The van der Waals surface area contributed by atoms with Gasteiger partial charge in [-0.15, -0.1) is 0 Å². The number of fused-ring (bicyclic) bond motifs is 1. The van der Waals surface area contributed by atoms with E-state index < -0.39 is 27.7 Å². The molecule has 0 amide bonds. The zero-order chi connectivity index (χ0) is 24.6. The first-order chi connectivity index (χ1) is 16.1. The van der Waals surface area contributed by atoms with Gasteiger partial charge in [-0.05, 0) is 98.4 Å². The SMILES string of the molecule is N[C@H](Cc1cc(Br)c(Oc2ccc3[nH]cc(S(=O)(=O)c4ccc(F)cc4)c3c2)c(Br)c1)C(=O)O. The molecule has 0 spiro atoms. The molecule has 0 fully saturated rings. The van der Waals surface area contributed by atoms with Crippen LogP contribution in [0.25, 0.3) is 10.9 Å². The van der Waals surface area contributed by atoms with Crippen LogP contribution < -0.4 is 10.5 Å². The minimum atomic E-state index is -3.90. The number of ether oxygens (including phenoxy) is 1. The van der Waals surface area contributed by atoms with Crippen molar-refractivity contribution < 1.29 is 27.4 Å². The number of benzene rings is 3. The maximum Gasteiger partial charge on any atom is 0.320 e. The molecular formula is C23H17Br2FN2O5S. The summed E-state index contributed by atoms with van der Waals surface area (Å²) in [5.74, 6) is -0.830. The van der Waals surface area contributed by atoms with Gasteiger partial charge < -0.3 is 20.6 Å². The molecule has 0 aliphatic rings. The molecule has 3 aromatic carbocycles. The number of nitrogens with two attached hydrogens (primary N) is 1. The van der Waals surface area contributed by atoms with Crippen LogP contribution in [0, 0.1) is 5.82 Å². The molecule has 4 N–H and O–H groups in total. The molecule has 1 atom stereocenters.